The number of thioether (sulfide) groups is 2. The van der Waals surface area contributed by atoms with E-state index in [1.165, 1.54) is 27.8 Å². The average Bonchev–Trinajstić information content (AvgIpc) is 3.01. The Labute approximate surface area is 272 Å². The van der Waals surface area contributed by atoms with Crippen LogP contribution in [0.15, 0.2) is 47.4 Å². The van der Waals surface area contributed by atoms with Gasteiger partial charge in [-0.05, 0) is 84.9 Å². The highest BCUT2D eigenvalue weighted by Crippen LogP contribution is 2.52. The van der Waals surface area contributed by atoms with Crippen molar-refractivity contribution in [3.63, 3.8) is 0 Å². The first kappa shape index (κ1) is 37.7. The van der Waals surface area contributed by atoms with Crippen LogP contribution in [0.3, 0.4) is 0 Å². The number of alkyl halides is 5. The van der Waals surface area contributed by atoms with Crippen molar-refractivity contribution in [3.05, 3.63) is 53.6 Å². The zero-order valence-electron chi connectivity index (χ0n) is 26.3. The third-order valence-corrected chi connectivity index (χ3v) is 10.5. The van der Waals surface area contributed by atoms with Crippen LogP contribution in [0.2, 0.25) is 0 Å². The Morgan fingerprint density at radius 3 is 2.11 bits per heavy atom. The third kappa shape index (κ3) is 11.5. The molecular formula is C33H45F5O5S2. The maximum absolute atomic E-state index is 13.0. The number of methoxy groups -OCH3 is 2. The zero-order chi connectivity index (χ0) is 32.8. The highest BCUT2D eigenvalue weighted by atomic mass is 32.2. The van der Waals surface area contributed by atoms with E-state index < -0.39 is 18.5 Å². The van der Waals surface area contributed by atoms with E-state index in [4.69, 9.17) is 23.7 Å². The minimum Gasteiger partial charge on any atom is -0.468 e. The molecular weight excluding hydrogens is 635 g/mol. The van der Waals surface area contributed by atoms with Gasteiger partial charge in [-0.3, -0.25) is 0 Å². The maximum atomic E-state index is 13.0. The first-order valence-electron chi connectivity index (χ1n) is 15.2. The Hall–Kier alpha value is -1.73. The lowest BCUT2D eigenvalue weighted by atomic mass is 9.68. The molecule has 2 unspecified atom stereocenters. The minimum atomic E-state index is -5.47. The van der Waals surface area contributed by atoms with Crippen LogP contribution in [0.5, 0.6) is 11.5 Å². The molecule has 0 radical (unpaired) electrons. The predicted molar refractivity (Wildman–Crippen MR) is 170 cm³/mol. The second kappa shape index (κ2) is 18.6. The van der Waals surface area contributed by atoms with Crippen LogP contribution in [-0.2, 0) is 19.6 Å². The fraction of sp³-hybridized carbons (Fsp3) is 0.636. The normalized spacial score (nSPS) is 18.5. The van der Waals surface area contributed by atoms with Gasteiger partial charge in [-0.25, -0.2) is 0 Å². The summed E-state index contributed by atoms with van der Waals surface area (Å²) in [6, 6.07) is 14.6. The molecule has 1 heterocycles. The summed E-state index contributed by atoms with van der Waals surface area (Å²) in [5, 5.41) is 0. The molecule has 0 N–H and O–H groups in total. The van der Waals surface area contributed by atoms with E-state index in [9.17, 15) is 22.0 Å². The van der Waals surface area contributed by atoms with Gasteiger partial charge in [-0.1, -0.05) is 31.5 Å². The summed E-state index contributed by atoms with van der Waals surface area (Å²) in [5.74, 6) is -0.810. The van der Waals surface area contributed by atoms with E-state index in [-0.39, 0.29) is 25.4 Å². The lowest BCUT2D eigenvalue weighted by Crippen LogP contribution is -2.36. The van der Waals surface area contributed by atoms with Crippen molar-refractivity contribution in [2.45, 2.75) is 80.2 Å². The minimum absolute atomic E-state index is 0.0898. The van der Waals surface area contributed by atoms with Crippen LogP contribution in [-0.4, -0.2) is 70.4 Å². The Kier molecular flexibility index (Phi) is 15.6. The molecule has 0 amide bonds. The summed E-state index contributed by atoms with van der Waals surface area (Å²) in [6.45, 7) is 4.00. The molecule has 0 spiro atoms. The van der Waals surface area contributed by atoms with Gasteiger partial charge in [-0.2, -0.15) is 33.7 Å². The fourth-order valence-electron chi connectivity index (χ4n) is 5.34. The summed E-state index contributed by atoms with van der Waals surface area (Å²) >= 11 is 3.25. The molecule has 0 saturated heterocycles. The van der Waals surface area contributed by atoms with Gasteiger partial charge in [0.05, 0.1) is 0 Å². The van der Waals surface area contributed by atoms with E-state index >= 15 is 0 Å². The number of fused-ring (bicyclic) bond motifs is 1. The van der Waals surface area contributed by atoms with Gasteiger partial charge in [0.25, 0.3) is 0 Å². The van der Waals surface area contributed by atoms with Gasteiger partial charge in [0.15, 0.2) is 13.6 Å². The molecule has 2 aromatic rings. The van der Waals surface area contributed by atoms with Crippen molar-refractivity contribution < 1.29 is 45.6 Å². The molecule has 2 aromatic carbocycles. The average molecular weight is 681 g/mol. The molecule has 3 rings (SSSR count). The number of ether oxygens (including phenoxy) is 5. The highest BCUT2D eigenvalue weighted by molar-refractivity contribution is 7.99. The standard InChI is InChI=1S/C33H45F5O5S2/c1-31(25-10-12-26(13-11-25)42-23-39-2)22-45-30-21-27(43-24-40-3)14-15-28(30)29(31)9-4-5-17-41-18-6-7-19-44-20-8-16-32(34,35)33(36,37)38/h10-15,21,29H,4-9,16-20,22-24H2,1-3H3. The smallest absolute Gasteiger partial charge is 0.453 e. The predicted octanol–water partition coefficient (Wildman–Crippen LogP) is 9.48. The quantitative estimate of drug-likeness (QED) is 0.0740. The van der Waals surface area contributed by atoms with Gasteiger partial charge >= 0.3 is 12.1 Å². The molecule has 1 aliphatic heterocycles. The molecule has 0 aromatic heterocycles. The highest BCUT2D eigenvalue weighted by Gasteiger charge is 2.56. The number of unbranched alkanes of at least 4 members (excludes halogenated alkanes) is 2. The van der Waals surface area contributed by atoms with Crippen LogP contribution in [0.1, 0.15) is 68.9 Å². The number of rotatable bonds is 21. The number of hydrogen-bond acceptors (Lipinski definition) is 7. The molecule has 0 fully saturated rings. The third-order valence-electron chi connectivity index (χ3n) is 7.91. The Morgan fingerprint density at radius 2 is 1.44 bits per heavy atom. The summed E-state index contributed by atoms with van der Waals surface area (Å²) in [4.78, 5) is 1.23. The number of benzene rings is 2. The van der Waals surface area contributed by atoms with Crippen LogP contribution in [0.25, 0.3) is 0 Å². The van der Waals surface area contributed by atoms with E-state index in [2.05, 4.69) is 31.2 Å². The lowest BCUT2D eigenvalue weighted by molar-refractivity contribution is -0.284. The monoisotopic (exact) mass is 680 g/mol. The first-order chi connectivity index (χ1) is 21.5. The van der Waals surface area contributed by atoms with Crippen molar-refractivity contribution >= 4 is 23.5 Å². The van der Waals surface area contributed by atoms with Crippen LogP contribution in [0.4, 0.5) is 22.0 Å². The first-order valence-corrected chi connectivity index (χ1v) is 17.4. The maximum Gasteiger partial charge on any atom is 0.453 e. The summed E-state index contributed by atoms with van der Waals surface area (Å²) in [5.41, 5.74) is 2.49. The second-order valence-electron chi connectivity index (χ2n) is 11.3. The molecule has 254 valence electrons. The van der Waals surface area contributed by atoms with Crippen molar-refractivity contribution in [1.29, 1.82) is 0 Å². The molecule has 0 aliphatic carbocycles. The fourth-order valence-corrected chi connectivity index (χ4v) is 7.70. The molecule has 2 atom stereocenters. The molecule has 0 bridgehead atoms. The van der Waals surface area contributed by atoms with E-state index in [0.29, 0.717) is 24.9 Å². The van der Waals surface area contributed by atoms with Crippen molar-refractivity contribution in [3.8, 4) is 11.5 Å². The van der Waals surface area contributed by atoms with Gasteiger partial charge in [0.2, 0.25) is 0 Å². The Bertz CT molecular complexity index is 1140. The Balaban J connectivity index is 1.45. The molecule has 1 aliphatic rings. The van der Waals surface area contributed by atoms with Gasteiger partial charge < -0.3 is 23.7 Å². The topological polar surface area (TPSA) is 46.2 Å². The van der Waals surface area contributed by atoms with Crippen LogP contribution >= 0.6 is 23.5 Å². The van der Waals surface area contributed by atoms with Crippen molar-refractivity contribution in [1.82, 2.24) is 0 Å². The Morgan fingerprint density at radius 1 is 0.822 bits per heavy atom. The SMILES string of the molecule is COCOc1ccc(C2(C)CSc3cc(OCOC)ccc3C2CCCCOCCCCSCCCC(F)(F)C(F)(F)F)cc1. The number of hydrogen-bond donors (Lipinski definition) is 0. The van der Waals surface area contributed by atoms with Crippen LogP contribution in [0, 0.1) is 0 Å². The van der Waals surface area contributed by atoms with Crippen molar-refractivity contribution in [2.75, 3.05) is 58.3 Å². The van der Waals surface area contributed by atoms with E-state index in [1.54, 1.807) is 14.2 Å². The largest absolute Gasteiger partial charge is 0.468 e. The number of halogens is 5. The van der Waals surface area contributed by atoms with Crippen molar-refractivity contribution in [2.24, 2.45) is 0 Å². The van der Waals surface area contributed by atoms with Gasteiger partial charge in [0.1, 0.15) is 11.5 Å². The van der Waals surface area contributed by atoms with Crippen LogP contribution < -0.4 is 9.47 Å². The summed E-state index contributed by atoms with van der Waals surface area (Å²) in [6.07, 6.45) is -2.20. The summed E-state index contributed by atoms with van der Waals surface area (Å²) in [7, 11) is 3.20. The second-order valence-corrected chi connectivity index (χ2v) is 13.6. The zero-order valence-corrected chi connectivity index (χ0v) is 27.9. The molecule has 45 heavy (non-hydrogen) atoms. The van der Waals surface area contributed by atoms with Gasteiger partial charge in [0, 0.05) is 49.9 Å². The molecule has 12 heteroatoms. The molecule has 5 nitrogen and oxygen atoms in total. The van der Waals surface area contributed by atoms with E-state index in [1.807, 2.05) is 30.0 Å². The van der Waals surface area contributed by atoms with E-state index in [0.717, 1.165) is 55.1 Å². The summed E-state index contributed by atoms with van der Waals surface area (Å²) < 4.78 is 89.8. The lowest BCUT2D eigenvalue weighted by Gasteiger charge is -2.43. The van der Waals surface area contributed by atoms with Gasteiger partial charge in [-0.15, -0.1) is 11.8 Å². The molecule has 0 saturated carbocycles.